The molecule has 0 radical (unpaired) electrons. The summed E-state index contributed by atoms with van der Waals surface area (Å²) in [6, 6.07) is 5.26. The van der Waals surface area contributed by atoms with Gasteiger partial charge in [-0.2, -0.15) is 5.10 Å². The van der Waals surface area contributed by atoms with Crippen LogP contribution >= 0.6 is 27.5 Å². The van der Waals surface area contributed by atoms with E-state index in [1.807, 2.05) is 13.2 Å². The molecule has 19 heavy (non-hydrogen) atoms. The topological polar surface area (TPSA) is 56.7 Å². The van der Waals surface area contributed by atoms with Crippen LogP contribution in [0.3, 0.4) is 0 Å². The summed E-state index contributed by atoms with van der Waals surface area (Å²) in [7, 11) is 1.84. The van der Waals surface area contributed by atoms with Crippen molar-refractivity contribution in [2.75, 3.05) is 0 Å². The van der Waals surface area contributed by atoms with E-state index in [0.717, 1.165) is 5.56 Å². The number of hydrogen-bond donors (Lipinski definition) is 0. The molecule has 0 spiro atoms. The zero-order chi connectivity index (χ0) is 13.4. The smallest absolute Gasteiger partial charge is 0.197 e. The summed E-state index contributed by atoms with van der Waals surface area (Å²) in [5, 5.41) is 4.47. The zero-order valence-electron chi connectivity index (χ0n) is 9.84. The van der Waals surface area contributed by atoms with E-state index in [2.05, 4.69) is 31.0 Å². The largest absolute Gasteiger partial charge is 0.446 e. The summed E-state index contributed by atoms with van der Waals surface area (Å²) < 4.78 is 7.76. The fourth-order valence-corrected chi connectivity index (χ4v) is 2.15. The SMILES string of the molecule is Cn1cc(-c2cc(Cl)nc(-c3ccc(Br)o3)n2)cn1. The molecule has 3 aromatic heterocycles. The Morgan fingerprint density at radius 3 is 2.79 bits per heavy atom. The minimum atomic E-state index is 0.358. The average molecular weight is 340 g/mol. The Bertz CT molecular complexity index is 678. The van der Waals surface area contributed by atoms with Crippen LogP contribution in [-0.4, -0.2) is 19.7 Å². The molecule has 0 aliphatic heterocycles. The summed E-state index contributed by atoms with van der Waals surface area (Å²) in [5.74, 6) is 0.997. The van der Waals surface area contributed by atoms with Crippen molar-refractivity contribution >= 4 is 27.5 Å². The standard InChI is InChI=1S/C12H8BrClN4O/c1-18-6-7(5-15-18)8-4-11(14)17-12(16-8)9-2-3-10(13)19-9/h2-6H,1H3. The number of halogens is 2. The highest BCUT2D eigenvalue weighted by atomic mass is 79.9. The predicted molar refractivity (Wildman–Crippen MR) is 74.6 cm³/mol. The molecule has 0 amide bonds. The summed E-state index contributed by atoms with van der Waals surface area (Å²) in [6.45, 7) is 0. The highest BCUT2D eigenvalue weighted by Crippen LogP contribution is 2.26. The van der Waals surface area contributed by atoms with Crippen molar-refractivity contribution in [1.82, 2.24) is 19.7 Å². The Kier molecular flexibility index (Phi) is 3.12. The second kappa shape index (κ2) is 4.79. The number of hydrogen-bond acceptors (Lipinski definition) is 4. The van der Waals surface area contributed by atoms with E-state index in [1.54, 1.807) is 29.1 Å². The summed E-state index contributed by atoms with van der Waals surface area (Å²) in [4.78, 5) is 8.60. The molecule has 0 unspecified atom stereocenters. The Labute approximate surface area is 122 Å². The molecule has 96 valence electrons. The highest BCUT2D eigenvalue weighted by molar-refractivity contribution is 9.10. The van der Waals surface area contributed by atoms with E-state index in [4.69, 9.17) is 16.0 Å². The van der Waals surface area contributed by atoms with Gasteiger partial charge in [-0.3, -0.25) is 4.68 Å². The molecule has 0 bridgehead atoms. The van der Waals surface area contributed by atoms with Crippen molar-refractivity contribution in [3.63, 3.8) is 0 Å². The van der Waals surface area contributed by atoms with Crippen molar-refractivity contribution in [3.05, 3.63) is 40.4 Å². The molecule has 5 nitrogen and oxygen atoms in total. The monoisotopic (exact) mass is 338 g/mol. The lowest BCUT2D eigenvalue weighted by Crippen LogP contribution is -1.91. The van der Waals surface area contributed by atoms with E-state index < -0.39 is 0 Å². The van der Waals surface area contributed by atoms with E-state index in [0.29, 0.717) is 27.1 Å². The van der Waals surface area contributed by atoms with Crippen LogP contribution in [0.5, 0.6) is 0 Å². The minimum absolute atomic E-state index is 0.358. The molecule has 0 aliphatic carbocycles. The van der Waals surface area contributed by atoms with Crippen molar-refractivity contribution in [3.8, 4) is 22.8 Å². The van der Waals surface area contributed by atoms with Gasteiger partial charge in [-0.15, -0.1) is 0 Å². The third-order valence-electron chi connectivity index (χ3n) is 2.49. The summed E-state index contributed by atoms with van der Waals surface area (Å²) in [5.41, 5.74) is 1.58. The van der Waals surface area contributed by atoms with Gasteiger partial charge in [0.2, 0.25) is 0 Å². The highest BCUT2D eigenvalue weighted by Gasteiger charge is 2.11. The first kappa shape index (κ1) is 12.4. The number of aryl methyl sites for hydroxylation is 1. The van der Waals surface area contributed by atoms with Crippen LogP contribution < -0.4 is 0 Å². The fraction of sp³-hybridized carbons (Fsp3) is 0.0833. The molecular weight excluding hydrogens is 332 g/mol. The first-order valence-corrected chi connectivity index (χ1v) is 6.58. The van der Waals surface area contributed by atoms with E-state index >= 15 is 0 Å². The molecule has 7 heteroatoms. The maximum absolute atomic E-state index is 6.03. The normalized spacial score (nSPS) is 10.9. The van der Waals surface area contributed by atoms with Crippen molar-refractivity contribution in [1.29, 1.82) is 0 Å². The lowest BCUT2D eigenvalue weighted by atomic mass is 10.2. The zero-order valence-corrected chi connectivity index (χ0v) is 12.2. The van der Waals surface area contributed by atoms with Gasteiger partial charge in [0, 0.05) is 24.9 Å². The molecule has 0 saturated carbocycles. The second-order valence-electron chi connectivity index (χ2n) is 3.91. The molecule has 0 saturated heterocycles. The number of nitrogens with zero attached hydrogens (tertiary/aromatic N) is 4. The fourth-order valence-electron chi connectivity index (χ4n) is 1.66. The predicted octanol–water partition coefficient (Wildman–Crippen LogP) is 3.55. The van der Waals surface area contributed by atoms with Crippen LogP contribution in [0.15, 0.2) is 39.7 Å². The van der Waals surface area contributed by atoms with E-state index in [9.17, 15) is 0 Å². The lowest BCUT2D eigenvalue weighted by Gasteiger charge is -2.01. The summed E-state index contributed by atoms with van der Waals surface area (Å²) >= 11 is 9.28. The van der Waals surface area contributed by atoms with Crippen LogP contribution in [0.2, 0.25) is 5.15 Å². The molecule has 0 aliphatic rings. The Balaban J connectivity index is 2.10. The summed E-state index contributed by atoms with van der Waals surface area (Å²) in [6.07, 6.45) is 3.58. The van der Waals surface area contributed by atoms with Crippen LogP contribution in [-0.2, 0) is 7.05 Å². The Hall–Kier alpha value is -1.66. The maximum atomic E-state index is 6.03. The van der Waals surface area contributed by atoms with Crippen molar-refractivity contribution in [2.24, 2.45) is 7.05 Å². The van der Waals surface area contributed by atoms with Gasteiger partial charge in [0.15, 0.2) is 16.3 Å². The number of rotatable bonds is 2. The third kappa shape index (κ3) is 2.54. The van der Waals surface area contributed by atoms with Crippen molar-refractivity contribution in [2.45, 2.75) is 0 Å². The molecule has 3 heterocycles. The Morgan fingerprint density at radius 1 is 1.32 bits per heavy atom. The van der Waals surface area contributed by atoms with Gasteiger partial charge in [0.05, 0.1) is 11.9 Å². The molecule has 0 aromatic carbocycles. The third-order valence-corrected chi connectivity index (χ3v) is 3.11. The first-order chi connectivity index (χ1) is 9.11. The van der Waals surface area contributed by atoms with Crippen LogP contribution in [0.1, 0.15) is 0 Å². The van der Waals surface area contributed by atoms with Crippen LogP contribution in [0.25, 0.3) is 22.8 Å². The second-order valence-corrected chi connectivity index (χ2v) is 5.07. The number of aromatic nitrogens is 4. The van der Waals surface area contributed by atoms with Gasteiger partial charge in [0.25, 0.3) is 0 Å². The molecule has 0 N–H and O–H groups in total. The maximum Gasteiger partial charge on any atom is 0.197 e. The van der Waals surface area contributed by atoms with Gasteiger partial charge in [-0.05, 0) is 28.1 Å². The quantitative estimate of drug-likeness (QED) is 0.670. The van der Waals surface area contributed by atoms with Gasteiger partial charge >= 0.3 is 0 Å². The molecule has 0 atom stereocenters. The minimum Gasteiger partial charge on any atom is -0.446 e. The van der Waals surface area contributed by atoms with Crippen LogP contribution in [0, 0.1) is 0 Å². The van der Waals surface area contributed by atoms with Gasteiger partial charge in [-0.1, -0.05) is 11.6 Å². The van der Waals surface area contributed by atoms with Gasteiger partial charge in [0.1, 0.15) is 5.15 Å². The van der Waals surface area contributed by atoms with E-state index in [1.165, 1.54) is 0 Å². The average Bonchev–Trinajstić information content (AvgIpc) is 2.97. The van der Waals surface area contributed by atoms with Gasteiger partial charge < -0.3 is 4.42 Å². The molecule has 0 fully saturated rings. The first-order valence-electron chi connectivity index (χ1n) is 5.41. The Morgan fingerprint density at radius 2 is 2.16 bits per heavy atom. The molecule has 3 aromatic rings. The van der Waals surface area contributed by atoms with Crippen LogP contribution in [0.4, 0.5) is 0 Å². The molecular formula is C12H8BrClN4O. The van der Waals surface area contributed by atoms with Gasteiger partial charge in [-0.25, -0.2) is 9.97 Å². The number of furan rings is 1. The van der Waals surface area contributed by atoms with E-state index in [-0.39, 0.29) is 0 Å². The lowest BCUT2D eigenvalue weighted by molar-refractivity contribution is 0.551. The van der Waals surface area contributed by atoms with Crippen molar-refractivity contribution < 1.29 is 4.42 Å². The molecule has 3 rings (SSSR count).